The third-order valence-electron chi connectivity index (χ3n) is 4.79. The molecule has 0 saturated carbocycles. The highest BCUT2D eigenvalue weighted by Crippen LogP contribution is 2.25. The highest BCUT2D eigenvalue weighted by atomic mass is 16.5. The van der Waals surface area contributed by atoms with Crippen molar-refractivity contribution < 1.29 is 19.1 Å². The average Bonchev–Trinajstić information content (AvgIpc) is 3.04. The Morgan fingerprint density at radius 1 is 0.900 bits per heavy atom. The van der Waals surface area contributed by atoms with Crippen LogP contribution in [0.2, 0.25) is 0 Å². The highest BCUT2D eigenvalue weighted by molar-refractivity contribution is 6.22. The molecule has 1 unspecified atom stereocenters. The normalized spacial score (nSPS) is 14.1. The Bertz CT molecular complexity index is 1100. The molecule has 6 nitrogen and oxygen atoms in total. The number of imide groups is 1. The summed E-state index contributed by atoms with van der Waals surface area (Å²) >= 11 is 0. The standard InChI is InChI=1S/C24H18N2O4/c1-16(26-22(27)20-7-2-3-8-21(20)23(26)28)24(29)30-19-13-10-17(11-14-19)9-12-18-6-4-5-15-25-18/h2-16H,1H3/b12-9+. The van der Waals surface area contributed by atoms with E-state index >= 15 is 0 Å². The molecule has 0 radical (unpaired) electrons. The summed E-state index contributed by atoms with van der Waals surface area (Å²) in [5, 5.41) is 0. The third-order valence-corrected chi connectivity index (χ3v) is 4.79. The number of ether oxygens (including phenoxy) is 1. The summed E-state index contributed by atoms with van der Waals surface area (Å²) in [4.78, 5) is 42.8. The minimum absolute atomic E-state index is 0.297. The van der Waals surface area contributed by atoms with E-state index in [4.69, 9.17) is 4.74 Å². The summed E-state index contributed by atoms with van der Waals surface area (Å²) < 4.78 is 5.38. The van der Waals surface area contributed by atoms with Crippen LogP contribution in [0.25, 0.3) is 12.2 Å². The summed E-state index contributed by atoms with van der Waals surface area (Å²) in [6.07, 6.45) is 5.50. The molecule has 3 aromatic rings. The molecule has 0 N–H and O–H groups in total. The van der Waals surface area contributed by atoms with Crippen LogP contribution < -0.4 is 4.74 Å². The SMILES string of the molecule is CC(C(=O)Oc1ccc(/C=C/c2ccccn2)cc1)N1C(=O)c2ccccc2C1=O. The number of benzene rings is 2. The molecule has 0 fully saturated rings. The monoisotopic (exact) mass is 398 g/mol. The molecule has 2 heterocycles. The summed E-state index contributed by atoms with van der Waals surface area (Å²) in [5.41, 5.74) is 2.34. The highest BCUT2D eigenvalue weighted by Gasteiger charge is 2.41. The number of carbonyl (C=O) groups is 3. The third kappa shape index (κ3) is 3.75. The predicted octanol–water partition coefficient (Wildman–Crippen LogP) is 3.84. The molecule has 1 aliphatic heterocycles. The van der Waals surface area contributed by atoms with Gasteiger partial charge in [-0.15, -0.1) is 0 Å². The first-order chi connectivity index (χ1) is 14.5. The Kier molecular flexibility index (Phi) is 5.22. The molecule has 1 atom stereocenters. The fraction of sp³-hybridized carbons (Fsp3) is 0.0833. The minimum atomic E-state index is -1.04. The quantitative estimate of drug-likeness (QED) is 0.371. The largest absolute Gasteiger partial charge is 0.425 e. The van der Waals surface area contributed by atoms with Crippen molar-refractivity contribution in [2.75, 3.05) is 0 Å². The van der Waals surface area contributed by atoms with Crippen molar-refractivity contribution in [1.29, 1.82) is 0 Å². The zero-order valence-electron chi connectivity index (χ0n) is 16.2. The number of hydrogen-bond acceptors (Lipinski definition) is 5. The maximum Gasteiger partial charge on any atom is 0.334 e. The van der Waals surface area contributed by atoms with E-state index in [0.29, 0.717) is 16.9 Å². The van der Waals surface area contributed by atoms with Crippen LogP contribution in [0, 0.1) is 0 Å². The van der Waals surface area contributed by atoms with E-state index in [1.807, 2.05) is 30.4 Å². The zero-order chi connectivity index (χ0) is 21.1. The van der Waals surface area contributed by atoms with Gasteiger partial charge in [-0.05, 0) is 55.0 Å². The van der Waals surface area contributed by atoms with Crippen LogP contribution in [-0.4, -0.2) is 33.7 Å². The molecule has 1 aliphatic rings. The lowest BCUT2D eigenvalue weighted by Gasteiger charge is -2.20. The molecule has 0 spiro atoms. The first-order valence-electron chi connectivity index (χ1n) is 9.42. The summed E-state index contributed by atoms with van der Waals surface area (Å²) in [7, 11) is 0. The fourth-order valence-electron chi connectivity index (χ4n) is 3.17. The number of carbonyl (C=O) groups excluding carboxylic acids is 3. The molecule has 0 bridgehead atoms. The summed E-state index contributed by atoms with van der Waals surface area (Å²) in [6, 6.07) is 18.0. The Hall–Kier alpha value is -4.06. The second-order valence-electron chi connectivity index (χ2n) is 6.78. The molecular weight excluding hydrogens is 380 g/mol. The van der Waals surface area contributed by atoms with Crippen molar-refractivity contribution in [3.63, 3.8) is 0 Å². The van der Waals surface area contributed by atoms with Gasteiger partial charge in [-0.2, -0.15) is 0 Å². The number of hydrogen-bond donors (Lipinski definition) is 0. The Balaban J connectivity index is 1.42. The van der Waals surface area contributed by atoms with Gasteiger partial charge in [-0.25, -0.2) is 4.79 Å². The van der Waals surface area contributed by atoms with Crippen molar-refractivity contribution in [2.24, 2.45) is 0 Å². The molecular formula is C24H18N2O4. The Morgan fingerprint density at radius 2 is 1.53 bits per heavy atom. The minimum Gasteiger partial charge on any atom is -0.425 e. The van der Waals surface area contributed by atoms with Crippen molar-refractivity contribution in [1.82, 2.24) is 9.88 Å². The number of pyridine rings is 1. The topological polar surface area (TPSA) is 76.6 Å². The van der Waals surface area contributed by atoms with Crippen LogP contribution in [0.15, 0.2) is 72.9 Å². The summed E-state index contributed by atoms with van der Waals surface area (Å²) in [5.74, 6) is -1.33. The lowest BCUT2D eigenvalue weighted by atomic mass is 10.1. The molecule has 4 rings (SSSR count). The fourth-order valence-corrected chi connectivity index (χ4v) is 3.17. The van der Waals surface area contributed by atoms with Crippen molar-refractivity contribution in [3.8, 4) is 5.75 Å². The predicted molar refractivity (Wildman–Crippen MR) is 112 cm³/mol. The van der Waals surface area contributed by atoms with E-state index in [1.165, 1.54) is 6.92 Å². The second kappa shape index (κ2) is 8.13. The average molecular weight is 398 g/mol. The molecule has 1 aromatic heterocycles. The Morgan fingerprint density at radius 3 is 2.13 bits per heavy atom. The van der Waals surface area contributed by atoms with E-state index in [2.05, 4.69) is 4.98 Å². The molecule has 30 heavy (non-hydrogen) atoms. The Labute approximate surface area is 173 Å². The number of aromatic nitrogens is 1. The molecule has 148 valence electrons. The van der Waals surface area contributed by atoms with Gasteiger partial charge in [0.05, 0.1) is 16.8 Å². The van der Waals surface area contributed by atoms with E-state index in [9.17, 15) is 14.4 Å². The van der Waals surface area contributed by atoms with Crippen molar-refractivity contribution in [2.45, 2.75) is 13.0 Å². The van der Waals surface area contributed by atoms with Crippen LogP contribution in [0.5, 0.6) is 5.75 Å². The van der Waals surface area contributed by atoms with Crippen LogP contribution in [0.3, 0.4) is 0 Å². The maximum atomic E-state index is 12.5. The lowest BCUT2D eigenvalue weighted by Crippen LogP contribution is -2.44. The van der Waals surface area contributed by atoms with Gasteiger partial charge in [0.2, 0.25) is 0 Å². The molecule has 6 heteroatoms. The van der Waals surface area contributed by atoms with E-state index in [0.717, 1.165) is 16.2 Å². The lowest BCUT2D eigenvalue weighted by molar-refractivity contribution is -0.138. The maximum absolute atomic E-state index is 12.5. The summed E-state index contributed by atoms with van der Waals surface area (Å²) in [6.45, 7) is 1.48. The van der Waals surface area contributed by atoms with E-state index < -0.39 is 23.8 Å². The van der Waals surface area contributed by atoms with Gasteiger partial charge in [-0.3, -0.25) is 19.5 Å². The molecule has 0 aliphatic carbocycles. The number of fused-ring (bicyclic) bond motifs is 1. The zero-order valence-corrected chi connectivity index (χ0v) is 16.2. The second-order valence-corrected chi connectivity index (χ2v) is 6.78. The number of nitrogens with zero attached hydrogens (tertiary/aromatic N) is 2. The van der Waals surface area contributed by atoms with Crippen LogP contribution in [0.1, 0.15) is 38.9 Å². The molecule has 2 aromatic carbocycles. The smallest absolute Gasteiger partial charge is 0.334 e. The van der Waals surface area contributed by atoms with Crippen molar-refractivity contribution >= 4 is 29.9 Å². The van der Waals surface area contributed by atoms with E-state index in [1.54, 1.807) is 54.7 Å². The first-order valence-corrected chi connectivity index (χ1v) is 9.42. The van der Waals surface area contributed by atoms with Crippen LogP contribution in [-0.2, 0) is 4.79 Å². The number of esters is 1. The number of rotatable bonds is 5. The van der Waals surface area contributed by atoms with Gasteiger partial charge in [0.25, 0.3) is 11.8 Å². The van der Waals surface area contributed by atoms with Gasteiger partial charge in [0.15, 0.2) is 0 Å². The van der Waals surface area contributed by atoms with Crippen LogP contribution >= 0.6 is 0 Å². The number of amides is 2. The molecule has 2 amide bonds. The van der Waals surface area contributed by atoms with E-state index in [-0.39, 0.29) is 0 Å². The van der Waals surface area contributed by atoms with Gasteiger partial charge in [0.1, 0.15) is 11.8 Å². The van der Waals surface area contributed by atoms with Gasteiger partial charge < -0.3 is 4.74 Å². The van der Waals surface area contributed by atoms with Gasteiger partial charge in [-0.1, -0.05) is 36.4 Å². The van der Waals surface area contributed by atoms with Crippen molar-refractivity contribution in [3.05, 3.63) is 95.3 Å². The first kappa shape index (κ1) is 19.3. The van der Waals surface area contributed by atoms with Gasteiger partial charge in [0, 0.05) is 6.20 Å². The van der Waals surface area contributed by atoms with Gasteiger partial charge >= 0.3 is 5.97 Å². The molecule has 0 saturated heterocycles. The van der Waals surface area contributed by atoms with Crippen LogP contribution in [0.4, 0.5) is 0 Å².